The van der Waals surface area contributed by atoms with Gasteiger partial charge in [-0.3, -0.25) is 9.59 Å². The van der Waals surface area contributed by atoms with Gasteiger partial charge < -0.3 is 15.7 Å². The predicted octanol–water partition coefficient (Wildman–Crippen LogP) is 3.98. The zero-order valence-electron chi connectivity index (χ0n) is 14.5. The molecular weight excluding hydrogens is 364 g/mol. The van der Waals surface area contributed by atoms with Crippen molar-refractivity contribution in [3.63, 3.8) is 0 Å². The first-order valence-corrected chi connectivity index (χ1v) is 9.24. The van der Waals surface area contributed by atoms with Crippen molar-refractivity contribution in [3.8, 4) is 0 Å². The normalized spacial score (nSPS) is 22.5. The Morgan fingerprint density at radius 2 is 2.00 bits per heavy atom. The van der Waals surface area contributed by atoms with Gasteiger partial charge in [0.15, 0.2) is 0 Å². The first-order valence-electron chi connectivity index (χ1n) is 8.86. The zero-order chi connectivity index (χ0) is 19.0. The van der Waals surface area contributed by atoms with Crippen LogP contribution in [0.4, 0.5) is 5.69 Å². The first-order chi connectivity index (χ1) is 13.0. The molecule has 2 aromatic carbocycles. The molecule has 6 heteroatoms. The molecule has 0 saturated heterocycles. The summed E-state index contributed by atoms with van der Waals surface area (Å²) in [5.74, 6) is -0.944. The van der Waals surface area contributed by atoms with Gasteiger partial charge >= 0.3 is 5.97 Å². The van der Waals surface area contributed by atoms with Crippen LogP contribution in [0.5, 0.6) is 0 Å². The van der Waals surface area contributed by atoms with Gasteiger partial charge in [0.25, 0.3) is 5.91 Å². The Morgan fingerprint density at radius 1 is 1.19 bits per heavy atom. The number of anilines is 1. The van der Waals surface area contributed by atoms with Crippen LogP contribution in [-0.2, 0) is 4.79 Å². The number of carboxylic acids is 1. The number of carbonyl (C=O) groups excluding carboxylic acids is 1. The van der Waals surface area contributed by atoms with E-state index >= 15 is 0 Å². The maximum Gasteiger partial charge on any atom is 0.322 e. The number of hydrogen-bond acceptors (Lipinski definition) is 3. The maximum absolute atomic E-state index is 12.2. The lowest BCUT2D eigenvalue weighted by molar-refractivity contribution is -0.135. The van der Waals surface area contributed by atoms with Crippen molar-refractivity contribution in [3.05, 3.63) is 76.3 Å². The van der Waals surface area contributed by atoms with E-state index < -0.39 is 12.5 Å². The molecule has 0 fully saturated rings. The largest absolute Gasteiger partial charge is 0.480 e. The van der Waals surface area contributed by atoms with Crippen molar-refractivity contribution in [2.45, 2.75) is 18.4 Å². The molecule has 138 valence electrons. The highest BCUT2D eigenvalue weighted by Crippen LogP contribution is 2.50. The van der Waals surface area contributed by atoms with Crippen LogP contribution in [0.3, 0.4) is 0 Å². The van der Waals surface area contributed by atoms with Crippen molar-refractivity contribution in [1.29, 1.82) is 0 Å². The summed E-state index contributed by atoms with van der Waals surface area (Å²) < 4.78 is 0. The average molecular weight is 383 g/mol. The lowest BCUT2D eigenvalue weighted by Gasteiger charge is -2.38. The van der Waals surface area contributed by atoms with Gasteiger partial charge in [-0.15, -0.1) is 0 Å². The molecule has 0 saturated carbocycles. The van der Waals surface area contributed by atoms with Crippen LogP contribution in [-0.4, -0.2) is 23.5 Å². The fraction of sp³-hybridized carbons (Fsp3) is 0.238. The fourth-order valence-electron chi connectivity index (χ4n) is 4.03. The molecule has 0 bridgehead atoms. The molecule has 1 aliphatic carbocycles. The summed E-state index contributed by atoms with van der Waals surface area (Å²) in [5, 5.41) is 15.5. The summed E-state index contributed by atoms with van der Waals surface area (Å²) in [5.41, 5.74) is 3.57. The molecular formula is C21H19ClN2O3. The Hall–Kier alpha value is -2.79. The minimum Gasteiger partial charge on any atom is -0.480 e. The number of carbonyl (C=O) groups is 2. The third-order valence-electron chi connectivity index (χ3n) is 5.27. The van der Waals surface area contributed by atoms with Gasteiger partial charge in [-0.2, -0.15) is 0 Å². The molecule has 0 unspecified atom stereocenters. The van der Waals surface area contributed by atoms with Crippen molar-refractivity contribution in [2.75, 3.05) is 11.9 Å². The third kappa shape index (κ3) is 3.30. The number of rotatable bonds is 4. The molecule has 3 atom stereocenters. The van der Waals surface area contributed by atoms with Crippen LogP contribution < -0.4 is 10.6 Å². The number of amides is 1. The number of allylic oxidation sites excluding steroid dienone is 2. The SMILES string of the molecule is O=C(O)CNC(=O)c1ccc2c(c1)[C@@H]1C=CC[C@H]1[C@H](c1ccccc1Cl)N2. The molecule has 0 aromatic heterocycles. The van der Waals surface area contributed by atoms with Crippen molar-refractivity contribution >= 4 is 29.2 Å². The predicted molar refractivity (Wildman–Crippen MR) is 104 cm³/mol. The summed E-state index contributed by atoms with van der Waals surface area (Å²) in [7, 11) is 0. The second-order valence-electron chi connectivity index (χ2n) is 6.88. The van der Waals surface area contributed by atoms with Crippen LogP contribution in [0.2, 0.25) is 5.02 Å². The third-order valence-corrected chi connectivity index (χ3v) is 5.61. The quantitative estimate of drug-likeness (QED) is 0.699. The summed E-state index contributed by atoms with van der Waals surface area (Å²) in [6.45, 7) is -0.394. The lowest BCUT2D eigenvalue weighted by Crippen LogP contribution is -2.31. The van der Waals surface area contributed by atoms with E-state index in [1.807, 2.05) is 36.4 Å². The Kier molecular flexibility index (Phi) is 4.62. The van der Waals surface area contributed by atoms with Crippen molar-refractivity contribution < 1.29 is 14.7 Å². The topological polar surface area (TPSA) is 78.4 Å². The van der Waals surface area contributed by atoms with Crippen molar-refractivity contribution in [1.82, 2.24) is 5.32 Å². The Labute approximate surface area is 162 Å². The van der Waals surface area contributed by atoms with Crippen LogP contribution in [0.1, 0.15) is 39.9 Å². The molecule has 1 amide bonds. The summed E-state index contributed by atoms with van der Waals surface area (Å²) in [6, 6.07) is 13.4. The number of aliphatic carboxylic acids is 1. The lowest BCUT2D eigenvalue weighted by atomic mass is 9.76. The Bertz CT molecular complexity index is 941. The van der Waals surface area contributed by atoms with Gasteiger partial charge in [0.2, 0.25) is 0 Å². The van der Waals surface area contributed by atoms with E-state index in [9.17, 15) is 9.59 Å². The highest BCUT2D eigenvalue weighted by molar-refractivity contribution is 6.31. The molecule has 2 aliphatic rings. The van der Waals surface area contributed by atoms with Gasteiger partial charge in [0.05, 0.1) is 6.04 Å². The minimum atomic E-state index is -1.07. The standard InChI is InChI=1S/C21H19ClN2O3/c22-17-7-2-1-4-15(17)20-14-6-3-5-13(14)16-10-12(8-9-18(16)24-20)21(27)23-11-19(25)26/h1-5,7-10,13-14,20,24H,6,11H2,(H,23,27)(H,25,26)/t13-,14-,20-/m1/s1. The van der Waals surface area contributed by atoms with E-state index in [4.69, 9.17) is 16.7 Å². The zero-order valence-corrected chi connectivity index (χ0v) is 15.2. The highest BCUT2D eigenvalue weighted by atomic mass is 35.5. The number of benzene rings is 2. The molecule has 0 radical (unpaired) electrons. The monoisotopic (exact) mass is 382 g/mol. The van der Waals surface area contributed by atoms with Gasteiger partial charge in [-0.25, -0.2) is 0 Å². The Balaban J connectivity index is 1.67. The number of hydrogen-bond donors (Lipinski definition) is 3. The van der Waals surface area contributed by atoms with Gasteiger partial charge in [0, 0.05) is 22.2 Å². The van der Waals surface area contributed by atoms with Gasteiger partial charge in [0.1, 0.15) is 6.54 Å². The smallest absolute Gasteiger partial charge is 0.322 e. The molecule has 5 nitrogen and oxygen atoms in total. The second-order valence-corrected chi connectivity index (χ2v) is 7.28. The summed E-state index contributed by atoms with van der Waals surface area (Å²) in [6.07, 6.45) is 5.29. The number of carboxylic acid groups (broad SMARTS) is 1. The summed E-state index contributed by atoms with van der Waals surface area (Å²) in [4.78, 5) is 22.9. The average Bonchev–Trinajstić information content (AvgIpc) is 3.16. The number of fused-ring (bicyclic) bond motifs is 3. The van der Waals surface area contributed by atoms with E-state index in [1.165, 1.54) is 0 Å². The van der Waals surface area contributed by atoms with Crippen LogP contribution in [0.15, 0.2) is 54.6 Å². The molecule has 0 spiro atoms. The van der Waals surface area contributed by atoms with E-state index in [-0.39, 0.29) is 17.9 Å². The van der Waals surface area contributed by atoms with Crippen LogP contribution in [0, 0.1) is 5.92 Å². The Morgan fingerprint density at radius 3 is 2.78 bits per heavy atom. The second kappa shape index (κ2) is 7.08. The van der Waals surface area contributed by atoms with E-state index in [2.05, 4.69) is 22.8 Å². The first kappa shape index (κ1) is 17.6. The molecule has 2 aromatic rings. The maximum atomic E-state index is 12.2. The molecule has 1 heterocycles. The molecule has 27 heavy (non-hydrogen) atoms. The van der Waals surface area contributed by atoms with Crippen molar-refractivity contribution in [2.24, 2.45) is 5.92 Å². The number of nitrogens with one attached hydrogen (secondary N) is 2. The van der Waals surface area contributed by atoms with E-state index in [1.54, 1.807) is 6.07 Å². The highest BCUT2D eigenvalue weighted by Gasteiger charge is 2.38. The van der Waals surface area contributed by atoms with E-state index in [0.717, 1.165) is 28.3 Å². The molecule has 4 rings (SSSR count). The summed E-state index contributed by atoms with van der Waals surface area (Å²) >= 11 is 6.44. The van der Waals surface area contributed by atoms with Crippen LogP contribution in [0.25, 0.3) is 0 Å². The van der Waals surface area contributed by atoms with Crippen LogP contribution >= 0.6 is 11.6 Å². The van der Waals surface area contributed by atoms with Gasteiger partial charge in [-0.05, 0) is 47.7 Å². The molecule has 1 aliphatic heterocycles. The fourth-order valence-corrected chi connectivity index (χ4v) is 4.28. The number of halogens is 1. The van der Waals surface area contributed by atoms with E-state index in [0.29, 0.717) is 11.5 Å². The van der Waals surface area contributed by atoms with Gasteiger partial charge in [-0.1, -0.05) is 42.0 Å². The minimum absolute atomic E-state index is 0.0953. The molecule has 3 N–H and O–H groups in total.